The Balaban J connectivity index is 2.24. The number of hydrogen-bond donors (Lipinski definition) is 0. The van der Waals surface area contributed by atoms with Crippen LogP contribution in [0.4, 0.5) is 0 Å². The molecular weight excluding hydrogens is 176 g/mol. The maximum atomic E-state index is 5.62. The zero-order valence-corrected chi connectivity index (χ0v) is 7.44. The van der Waals surface area contributed by atoms with Crippen molar-refractivity contribution in [2.24, 2.45) is 0 Å². The lowest BCUT2D eigenvalue weighted by molar-refractivity contribution is 0.542. The van der Waals surface area contributed by atoms with Crippen LogP contribution in [0.25, 0.3) is 22.5 Å². The van der Waals surface area contributed by atoms with E-state index in [-0.39, 0.29) is 0 Å². The van der Waals surface area contributed by atoms with Crippen molar-refractivity contribution in [3.8, 4) is 11.5 Å². The average molecular weight is 184 g/mol. The second-order valence-corrected chi connectivity index (χ2v) is 3.13. The number of rotatable bonds is 1. The highest BCUT2D eigenvalue weighted by molar-refractivity contribution is 5.81. The third-order valence-electron chi connectivity index (χ3n) is 2.19. The average Bonchev–Trinajstić information content (AvgIpc) is 2.86. The third-order valence-corrected chi connectivity index (χ3v) is 2.19. The largest absolute Gasteiger partial charge is 0.461 e. The molecule has 3 rings (SSSR count). The molecule has 14 heavy (non-hydrogen) atoms. The van der Waals surface area contributed by atoms with Crippen molar-refractivity contribution in [1.82, 2.24) is 0 Å². The zero-order chi connectivity index (χ0) is 9.38. The van der Waals surface area contributed by atoms with Gasteiger partial charge in [0.1, 0.15) is 5.58 Å². The first-order valence-corrected chi connectivity index (χ1v) is 4.46. The molecule has 2 heteroatoms. The minimum Gasteiger partial charge on any atom is -0.461 e. The molecule has 0 bridgehead atoms. The van der Waals surface area contributed by atoms with Crippen LogP contribution in [0.1, 0.15) is 0 Å². The summed E-state index contributed by atoms with van der Waals surface area (Å²) in [6.07, 6.45) is 1.64. The molecule has 2 aromatic heterocycles. The molecule has 0 radical (unpaired) electrons. The van der Waals surface area contributed by atoms with E-state index in [1.807, 2.05) is 42.5 Å². The highest BCUT2D eigenvalue weighted by atomic mass is 16.4. The standard InChI is InChI=1S/C12H8O2/c1-2-5-10-9(4-1)8-12(14-10)11-6-3-7-13-11/h1-8H. The molecule has 0 atom stereocenters. The fraction of sp³-hybridized carbons (Fsp3) is 0. The van der Waals surface area contributed by atoms with E-state index in [0.717, 1.165) is 22.5 Å². The van der Waals surface area contributed by atoms with E-state index >= 15 is 0 Å². The Labute approximate surface area is 80.8 Å². The smallest absolute Gasteiger partial charge is 0.170 e. The predicted molar refractivity (Wildman–Crippen MR) is 53.9 cm³/mol. The van der Waals surface area contributed by atoms with Crippen molar-refractivity contribution in [3.63, 3.8) is 0 Å². The monoisotopic (exact) mass is 184 g/mol. The Kier molecular flexibility index (Phi) is 1.47. The van der Waals surface area contributed by atoms with Gasteiger partial charge in [-0.15, -0.1) is 0 Å². The molecule has 0 saturated heterocycles. The van der Waals surface area contributed by atoms with Gasteiger partial charge in [-0.25, -0.2) is 0 Å². The van der Waals surface area contributed by atoms with Gasteiger partial charge in [0.15, 0.2) is 11.5 Å². The molecule has 68 valence electrons. The van der Waals surface area contributed by atoms with Crippen LogP contribution >= 0.6 is 0 Å². The molecule has 0 aliphatic rings. The number of para-hydroxylation sites is 1. The normalized spacial score (nSPS) is 10.9. The summed E-state index contributed by atoms with van der Waals surface area (Å²) in [5, 5.41) is 1.10. The fourth-order valence-electron chi connectivity index (χ4n) is 1.52. The Morgan fingerprint density at radius 1 is 0.857 bits per heavy atom. The van der Waals surface area contributed by atoms with Crippen molar-refractivity contribution in [3.05, 3.63) is 48.7 Å². The molecule has 2 heterocycles. The van der Waals surface area contributed by atoms with Gasteiger partial charge < -0.3 is 8.83 Å². The summed E-state index contributed by atoms with van der Waals surface area (Å²) in [6, 6.07) is 13.6. The van der Waals surface area contributed by atoms with Gasteiger partial charge in [-0.2, -0.15) is 0 Å². The molecule has 0 saturated carbocycles. The number of benzene rings is 1. The van der Waals surface area contributed by atoms with Gasteiger partial charge in [0.2, 0.25) is 0 Å². The minimum atomic E-state index is 0.765. The number of hydrogen-bond acceptors (Lipinski definition) is 2. The highest BCUT2D eigenvalue weighted by Gasteiger charge is 2.06. The second-order valence-electron chi connectivity index (χ2n) is 3.13. The van der Waals surface area contributed by atoms with Gasteiger partial charge in [-0.05, 0) is 24.3 Å². The van der Waals surface area contributed by atoms with E-state index in [2.05, 4.69) is 0 Å². The van der Waals surface area contributed by atoms with Crippen LogP contribution in [0.5, 0.6) is 0 Å². The topological polar surface area (TPSA) is 26.3 Å². The summed E-state index contributed by atoms with van der Waals surface area (Å²) in [5.74, 6) is 1.54. The van der Waals surface area contributed by atoms with Gasteiger partial charge in [-0.3, -0.25) is 0 Å². The molecule has 0 N–H and O–H groups in total. The van der Waals surface area contributed by atoms with Crippen molar-refractivity contribution in [1.29, 1.82) is 0 Å². The van der Waals surface area contributed by atoms with Crippen molar-refractivity contribution in [2.45, 2.75) is 0 Å². The van der Waals surface area contributed by atoms with Crippen LogP contribution in [0.2, 0.25) is 0 Å². The van der Waals surface area contributed by atoms with E-state index in [9.17, 15) is 0 Å². The van der Waals surface area contributed by atoms with Crippen molar-refractivity contribution in [2.75, 3.05) is 0 Å². The lowest BCUT2D eigenvalue weighted by Gasteiger charge is -1.86. The van der Waals surface area contributed by atoms with Gasteiger partial charge in [0.25, 0.3) is 0 Å². The Hall–Kier alpha value is -1.96. The molecular formula is C12H8O2. The number of fused-ring (bicyclic) bond motifs is 1. The molecule has 0 spiro atoms. The predicted octanol–water partition coefficient (Wildman–Crippen LogP) is 3.69. The first-order chi connectivity index (χ1) is 6.93. The molecule has 3 aromatic rings. The lowest BCUT2D eigenvalue weighted by Crippen LogP contribution is -1.62. The molecule has 0 aliphatic heterocycles. The van der Waals surface area contributed by atoms with E-state index in [4.69, 9.17) is 8.83 Å². The van der Waals surface area contributed by atoms with Gasteiger partial charge in [0.05, 0.1) is 6.26 Å². The van der Waals surface area contributed by atoms with Crippen LogP contribution in [-0.2, 0) is 0 Å². The summed E-state index contributed by atoms with van der Waals surface area (Å²) in [6.45, 7) is 0. The Bertz CT molecular complexity index is 513. The molecule has 0 aliphatic carbocycles. The van der Waals surface area contributed by atoms with Crippen LogP contribution in [0, 0.1) is 0 Å². The summed E-state index contributed by atoms with van der Waals surface area (Å²) in [5.41, 5.74) is 0.888. The van der Waals surface area contributed by atoms with Crippen molar-refractivity contribution >= 4 is 11.0 Å². The Morgan fingerprint density at radius 3 is 2.57 bits per heavy atom. The molecule has 0 unspecified atom stereocenters. The highest BCUT2D eigenvalue weighted by Crippen LogP contribution is 2.27. The quantitative estimate of drug-likeness (QED) is 0.576. The first kappa shape index (κ1) is 7.44. The summed E-state index contributed by atoms with van der Waals surface area (Å²) < 4.78 is 10.9. The van der Waals surface area contributed by atoms with E-state index in [1.165, 1.54) is 0 Å². The van der Waals surface area contributed by atoms with Crippen molar-refractivity contribution < 1.29 is 8.83 Å². The van der Waals surface area contributed by atoms with E-state index in [0.29, 0.717) is 0 Å². The Morgan fingerprint density at radius 2 is 1.79 bits per heavy atom. The third kappa shape index (κ3) is 1.04. The molecule has 0 amide bonds. The van der Waals surface area contributed by atoms with Crippen LogP contribution in [-0.4, -0.2) is 0 Å². The molecule has 0 fully saturated rings. The second kappa shape index (κ2) is 2.77. The summed E-state index contributed by atoms with van der Waals surface area (Å²) >= 11 is 0. The maximum Gasteiger partial charge on any atom is 0.170 e. The summed E-state index contributed by atoms with van der Waals surface area (Å²) in [7, 11) is 0. The fourth-order valence-corrected chi connectivity index (χ4v) is 1.52. The van der Waals surface area contributed by atoms with Crippen LogP contribution in [0.15, 0.2) is 57.6 Å². The van der Waals surface area contributed by atoms with Gasteiger partial charge in [0, 0.05) is 5.39 Å². The lowest BCUT2D eigenvalue weighted by atomic mass is 10.2. The van der Waals surface area contributed by atoms with Gasteiger partial charge >= 0.3 is 0 Å². The van der Waals surface area contributed by atoms with Crippen LogP contribution in [0.3, 0.4) is 0 Å². The van der Waals surface area contributed by atoms with E-state index in [1.54, 1.807) is 6.26 Å². The van der Waals surface area contributed by atoms with Crippen LogP contribution < -0.4 is 0 Å². The minimum absolute atomic E-state index is 0.765. The number of furan rings is 2. The summed E-state index contributed by atoms with van der Waals surface area (Å²) in [4.78, 5) is 0. The van der Waals surface area contributed by atoms with Gasteiger partial charge in [-0.1, -0.05) is 18.2 Å². The SMILES string of the molecule is c1coc(-c2cc3ccccc3o2)c1. The maximum absolute atomic E-state index is 5.62. The first-order valence-electron chi connectivity index (χ1n) is 4.46. The zero-order valence-electron chi connectivity index (χ0n) is 7.44. The van der Waals surface area contributed by atoms with E-state index < -0.39 is 0 Å². The molecule has 1 aromatic carbocycles. The molecule has 2 nitrogen and oxygen atoms in total.